The minimum Gasteiger partial charge on any atom is -0.393 e. The van der Waals surface area contributed by atoms with Crippen LogP contribution in [0.2, 0.25) is 0 Å². The van der Waals surface area contributed by atoms with Crippen LogP contribution in [-0.4, -0.2) is 28.8 Å². The van der Waals surface area contributed by atoms with Crippen LogP contribution in [0.4, 0.5) is 5.13 Å². The Balaban J connectivity index is 2.13. The maximum Gasteiger partial charge on any atom is 0.185 e. The van der Waals surface area contributed by atoms with Crippen molar-refractivity contribution in [1.82, 2.24) is 4.98 Å². The monoisotopic (exact) mass is 268 g/mol. The third-order valence-corrected chi connectivity index (χ3v) is 4.56. The van der Waals surface area contributed by atoms with E-state index in [0.29, 0.717) is 6.04 Å². The minimum absolute atomic E-state index is 0.221. The number of aliphatic hydroxyl groups excluding tert-OH is 1. The Bertz CT molecular complexity index is 364. The van der Waals surface area contributed by atoms with Gasteiger partial charge in [-0.15, -0.1) is 11.3 Å². The van der Waals surface area contributed by atoms with Crippen molar-refractivity contribution in [3.63, 3.8) is 0 Å². The second kappa shape index (κ2) is 6.53. The number of aliphatic hydroxyl groups is 1. The van der Waals surface area contributed by atoms with Gasteiger partial charge in [0.25, 0.3) is 0 Å². The first-order valence-corrected chi connectivity index (χ1v) is 7.97. The summed E-state index contributed by atoms with van der Waals surface area (Å²) < 4.78 is 0. The lowest BCUT2D eigenvalue weighted by molar-refractivity contribution is 0.171. The first-order valence-electron chi connectivity index (χ1n) is 7.09. The lowest BCUT2D eigenvalue weighted by Crippen LogP contribution is -2.37. The number of anilines is 1. The Morgan fingerprint density at radius 2 is 2.33 bits per heavy atom. The van der Waals surface area contributed by atoms with Gasteiger partial charge in [-0.3, -0.25) is 0 Å². The van der Waals surface area contributed by atoms with E-state index in [-0.39, 0.29) is 6.10 Å². The van der Waals surface area contributed by atoms with Crippen LogP contribution in [0.5, 0.6) is 0 Å². The summed E-state index contributed by atoms with van der Waals surface area (Å²) in [4.78, 5) is 7.15. The number of rotatable bonds is 4. The summed E-state index contributed by atoms with van der Waals surface area (Å²) in [6.07, 6.45) is 6.66. The van der Waals surface area contributed by atoms with E-state index >= 15 is 0 Å². The number of nitrogens with zero attached hydrogens (tertiary/aromatic N) is 2. The first kappa shape index (κ1) is 13.8. The molecule has 3 nitrogen and oxygen atoms in total. The first-order chi connectivity index (χ1) is 8.70. The molecule has 0 saturated carbocycles. The number of aryl methyl sites for hydroxylation is 1. The van der Waals surface area contributed by atoms with Gasteiger partial charge in [0, 0.05) is 18.0 Å². The van der Waals surface area contributed by atoms with E-state index in [2.05, 4.69) is 17.2 Å². The van der Waals surface area contributed by atoms with E-state index in [0.717, 1.165) is 24.5 Å². The molecule has 0 spiro atoms. The molecule has 1 aliphatic rings. The van der Waals surface area contributed by atoms with Gasteiger partial charge in [-0.05, 0) is 32.6 Å². The molecule has 2 rings (SSSR count). The summed E-state index contributed by atoms with van der Waals surface area (Å²) in [5, 5.41) is 13.0. The summed E-state index contributed by atoms with van der Waals surface area (Å²) >= 11 is 1.75. The Hall–Kier alpha value is -0.610. The van der Waals surface area contributed by atoms with Crippen LogP contribution >= 0.6 is 11.3 Å². The molecule has 102 valence electrons. The maximum absolute atomic E-state index is 9.67. The summed E-state index contributed by atoms with van der Waals surface area (Å²) in [6.45, 7) is 5.13. The zero-order valence-corrected chi connectivity index (χ0v) is 12.2. The molecule has 0 aliphatic carbocycles. The molecule has 2 atom stereocenters. The van der Waals surface area contributed by atoms with Gasteiger partial charge in [0.1, 0.15) is 0 Å². The molecule has 1 aliphatic heterocycles. The van der Waals surface area contributed by atoms with Crippen molar-refractivity contribution in [1.29, 1.82) is 0 Å². The van der Waals surface area contributed by atoms with Crippen LogP contribution < -0.4 is 4.90 Å². The summed E-state index contributed by atoms with van der Waals surface area (Å²) in [5.41, 5.74) is 1.19. The summed E-state index contributed by atoms with van der Waals surface area (Å²) in [7, 11) is 0. The van der Waals surface area contributed by atoms with Gasteiger partial charge in [-0.25, -0.2) is 4.98 Å². The Labute approximate surface area is 114 Å². The van der Waals surface area contributed by atoms with Crippen molar-refractivity contribution in [3.05, 3.63) is 11.1 Å². The number of hydrogen-bond donors (Lipinski definition) is 1. The molecule has 0 radical (unpaired) electrons. The van der Waals surface area contributed by atoms with Crippen LogP contribution in [0.15, 0.2) is 5.38 Å². The Kier molecular flexibility index (Phi) is 5.01. The predicted molar refractivity (Wildman–Crippen MR) is 77.4 cm³/mol. The van der Waals surface area contributed by atoms with Crippen molar-refractivity contribution < 1.29 is 5.11 Å². The highest BCUT2D eigenvalue weighted by Crippen LogP contribution is 2.29. The van der Waals surface area contributed by atoms with Crippen LogP contribution in [0, 0.1) is 0 Å². The highest BCUT2D eigenvalue weighted by molar-refractivity contribution is 7.13. The summed E-state index contributed by atoms with van der Waals surface area (Å²) in [6, 6.07) is 0.461. The van der Waals surface area contributed by atoms with Gasteiger partial charge >= 0.3 is 0 Å². The molecule has 1 N–H and O–H groups in total. The van der Waals surface area contributed by atoms with E-state index < -0.39 is 0 Å². The Morgan fingerprint density at radius 3 is 3.00 bits per heavy atom. The smallest absolute Gasteiger partial charge is 0.185 e. The van der Waals surface area contributed by atoms with E-state index in [4.69, 9.17) is 4.98 Å². The molecule has 0 bridgehead atoms. The fourth-order valence-corrected chi connectivity index (χ4v) is 3.67. The van der Waals surface area contributed by atoms with E-state index in [1.54, 1.807) is 11.3 Å². The largest absolute Gasteiger partial charge is 0.393 e. The van der Waals surface area contributed by atoms with E-state index in [9.17, 15) is 5.11 Å². The fourth-order valence-electron chi connectivity index (χ4n) is 2.66. The van der Waals surface area contributed by atoms with Crippen LogP contribution in [0.25, 0.3) is 0 Å². The summed E-state index contributed by atoms with van der Waals surface area (Å²) in [5.74, 6) is 0. The van der Waals surface area contributed by atoms with Crippen LogP contribution in [-0.2, 0) is 6.42 Å². The molecule has 1 aromatic heterocycles. The molecule has 4 heteroatoms. The predicted octanol–water partition coefficient (Wildman–Crippen LogP) is 3.23. The molecule has 0 aromatic carbocycles. The van der Waals surface area contributed by atoms with E-state index in [1.807, 2.05) is 6.92 Å². The third kappa shape index (κ3) is 3.45. The molecule has 1 aromatic rings. The lowest BCUT2D eigenvalue weighted by atomic mass is 10.0. The molecule has 18 heavy (non-hydrogen) atoms. The van der Waals surface area contributed by atoms with Gasteiger partial charge in [-0.2, -0.15) is 0 Å². The normalized spacial score (nSPS) is 22.8. The zero-order chi connectivity index (χ0) is 13.0. The average molecular weight is 268 g/mol. The Morgan fingerprint density at radius 1 is 1.50 bits per heavy atom. The van der Waals surface area contributed by atoms with Gasteiger partial charge in [0.2, 0.25) is 0 Å². The van der Waals surface area contributed by atoms with E-state index in [1.165, 1.54) is 31.4 Å². The lowest BCUT2D eigenvalue weighted by Gasteiger charge is -2.30. The minimum atomic E-state index is -0.221. The quantitative estimate of drug-likeness (QED) is 0.911. The van der Waals surface area contributed by atoms with Crippen molar-refractivity contribution in [2.24, 2.45) is 0 Å². The third-order valence-electron chi connectivity index (χ3n) is 3.64. The van der Waals surface area contributed by atoms with Crippen molar-refractivity contribution in [2.75, 3.05) is 11.4 Å². The van der Waals surface area contributed by atoms with Crippen LogP contribution in [0.3, 0.4) is 0 Å². The fraction of sp³-hybridized carbons (Fsp3) is 0.786. The maximum atomic E-state index is 9.67. The number of hydrogen-bond acceptors (Lipinski definition) is 4. The molecular formula is C14H24N2OS. The topological polar surface area (TPSA) is 36.4 Å². The molecule has 2 heterocycles. The van der Waals surface area contributed by atoms with Crippen molar-refractivity contribution in [3.8, 4) is 0 Å². The molecular weight excluding hydrogens is 244 g/mol. The van der Waals surface area contributed by atoms with Gasteiger partial charge < -0.3 is 10.0 Å². The molecule has 1 fully saturated rings. The van der Waals surface area contributed by atoms with Gasteiger partial charge in [0.15, 0.2) is 5.13 Å². The van der Waals surface area contributed by atoms with Crippen molar-refractivity contribution in [2.45, 2.75) is 64.5 Å². The van der Waals surface area contributed by atoms with Gasteiger partial charge in [-0.1, -0.05) is 19.8 Å². The number of thiazole rings is 1. The molecule has 2 unspecified atom stereocenters. The van der Waals surface area contributed by atoms with Crippen LogP contribution in [0.1, 0.15) is 51.6 Å². The average Bonchev–Trinajstić information content (AvgIpc) is 2.70. The number of aromatic nitrogens is 1. The highest BCUT2D eigenvalue weighted by atomic mass is 32.1. The SMILES string of the molecule is CCc1csc(N2CCCCCC2CC(C)O)n1. The molecule has 1 saturated heterocycles. The molecule has 0 amide bonds. The van der Waals surface area contributed by atoms with Crippen molar-refractivity contribution >= 4 is 16.5 Å². The second-order valence-electron chi connectivity index (χ2n) is 5.26. The standard InChI is InChI=1S/C14H24N2OS/c1-3-12-10-18-14(15-12)16-8-6-4-5-7-13(16)9-11(2)17/h10-11,13,17H,3-9H2,1-2H3. The van der Waals surface area contributed by atoms with Gasteiger partial charge in [0.05, 0.1) is 11.8 Å². The second-order valence-corrected chi connectivity index (χ2v) is 6.09. The highest BCUT2D eigenvalue weighted by Gasteiger charge is 2.24. The zero-order valence-electron chi connectivity index (χ0n) is 11.4.